The number of halogens is 2. The van der Waals surface area contributed by atoms with Crippen LogP contribution in [0.5, 0.6) is 5.75 Å². The number of aryl methyl sites for hydroxylation is 1. The van der Waals surface area contributed by atoms with Crippen molar-refractivity contribution in [3.8, 4) is 17.0 Å². The number of hydrogen-bond acceptors (Lipinski definition) is 4. The van der Waals surface area contributed by atoms with Gasteiger partial charge in [0.05, 0.1) is 11.4 Å². The van der Waals surface area contributed by atoms with Gasteiger partial charge in [-0.3, -0.25) is 4.68 Å². The first-order valence-electron chi connectivity index (χ1n) is 9.84. The number of anilines is 2. The normalized spacial score (nSPS) is 10.9. The molecule has 3 aromatic rings. The lowest BCUT2D eigenvalue weighted by Gasteiger charge is -2.16. The molecular weight excluding hydrogens is 404 g/mol. The van der Waals surface area contributed by atoms with Crippen molar-refractivity contribution in [1.29, 1.82) is 0 Å². The van der Waals surface area contributed by atoms with E-state index in [0.29, 0.717) is 30.7 Å². The van der Waals surface area contributed by atoms with E-state index in [0.717, 1.165) is 29.9 Å². The minimum atomic E-state index is -0.854. The van der Waals surface area contributed by atoms with Crippen LogP contribution in [0.1, 0.15) is 6.92 Å². The van der Waals surface area contributed by atoms with Crippen LogP contribution in [-0.4, -0.2) is 48.0 Å². The topological polar surface area (TPSA) is 71.4 Å². The highest BCUT2D eigenvalue weighted by molar-refractivity contribution is 6.00. The van der Waals surface area contributed by atoms with E-state index in [4.69, 9.17) is 4.74 Å². The number of aromatic nitrogens is 2. The van der Waals surface area contributed by atoms with Crippen molar-refractivity contribution in [3.63, 3.8) is 0 Å². The lowest BCUT2D eigenvalue weighted by atomic mass is 10.1. The molecular formula is C22H25F2N5O2. The van der Waals surface area contributed by atoms with Crippen molar-refractivity contribution in [2.45, 2.75) is 13.5 Å². The Balaban J connectivity index is 1.82. The largest absolute Gasteiger partial charge is 0.492 e. The maximum Gasteiger partial charge on any atom is 0.323 e. The molecule has 31 heavy (non-hydrogen) atoms. The number of likely N-dealkylation sites (N-methyl/N-ethyl adjacent to an activating group) is 1. The zero-order valence-electron chi connectivity index (χ0n) is 17.7. The molecule has 0 bridgehead atoms. The molecule has 0 atom stereocenters. The number of hydrogen-bond donors (Lipinski definition) is 2. The van der Waals surface area contributed by atoms with Gasteiger partial charge in [-0.1, -0.05) is 0 Å². The molecule has 0 radical (unpaired) electrons. The molecule has 7 nitrogen and oxygen atoms in total. The van der Waals surface area contributed by atoms with Crippen molar-refractivity contribution < 1.29 is 18.3 Å². The van der Waals surface area contributed by atoms with E-state index < -0.39 is 17.7 Å². The second-order valence-corrected chi connectivity index (χ2v) is 7.10. The third-order valence-corrected chi connectivity index (χ3v) is 4.50. The molecule has 2 amide bonds. The molecule has 0 aliphatic heterocycles. The second-order valence-electron chi connectivity index (χ2n) is 7.10. The van der Waals surface area contributed by atoms with Crippen LogP contribution in [0.25, 0.3) is 11.3 Å². The minimum Gasteiger partial charge on any atom is -0.492 e. The van der Waals surface area contributed by atoms with E-state index in [2.05, 4.69) is 15.7 Å². The van der Waals surface area contributed by atoms with Gasteiger partial charge in [-0.25, -0.2) is 13.6 Å². The van der Waals surface area contributed by atoms with Gasteiger partial charge < -0.3 is 20.3 Å². The highest BCUT2D eigenvalue weighted by Crippen LogP contribution is 2.33. The molecule has 2 N–H and O–H groups in total. The van der Waals surface area contributed by atoms with E-state index in [9.17, 15) is 13.6 Å². The third-order valence-electron chi connectivity index (χ3n) is 4.50. The number of nitrogens with one attached hydrogen (secondary N) is 2. The molecule has 164 valence electrons. The van der Waals surface area contributed by atoms with Crippen molar-refractivity contribution in [1.82, 2.24) is 14.7 Å². The maximum absolute atomic E-state index is 13.8. The number of carbonyl (C=O) groups is 1. The minimum absolute atomic E-state index is 0.119. The molecule has 0 saturated heterocycles. The van der Waals surface area contributed by atoms with Gasteiger partial charge in [0.15, 0.2) is 0 Å². The fourth-order valence-electron chi connectivity index (χ4n) is 2.96. The predicted octanol–water partition coefficient (Wildman–Crippen LogP) is 4.43. The average Bonchev–Trinajstić information content (AvgIpc) is 3.19. The summed E-state index contributed by atoms with van der Waals surface area (Å²) in [5, 5.41) is 9.35. The fraction of sp³-hybridized carbons (Fsp3) is 0.273. The van der Waals surface area contributed by atoms with Crippen LogP contribution in [0.15, 0.2) is 48.7 Å². The molecule has 9 heteroatoms. The highest BCUT2D eigenvalue weighted by atomic mass is 19.1. The van der Waals surface area contributed by atoms with Gasteiger partial charge in [0.2, 0.25) is 0 Å². The molecule has 0 aliphatic rings. The Bertz CT molecular complexity index is 1050. The Kier molecular flexibility index (Phi) is 7.19. The maximum atomic E-state index is 13.8. The molecule has 0 unspecified atom stereocenters. The number of urea groups is 1. The molecule has 0 saturated carbocycles. The van der Waals surface area contributed by atoms with Crippen molar-refractivity contribution in [2.75, 3.05) is 37.9 Å². The van der Waals surface area contributed by atoms with E-state index in [1.165, 1.54) is 0 Å². The Hall–Kier alpha value is -3.46. The predicted molar refractivity (Wildman–Crippen MR) is 116 cm³/mol. The van der Waals surface area contributed by atoms with Crippen molar-refractivity contribution in [2.24, 2.45) is 0 Å². The van der Waals surface area contributed by atoms with Gasteiger partial charge in [0.1, 0.15) is 24.0 Å². The number of ether oxygens (including phenoxy) is 1. The molecule has 3 rings (SSSR count). The SMILES string of the molecule is CCn1nccc1-c1cc(NC(=O)Nc2ccc(F)cc2F)ccc1OCCN(C)C. The Morgan fingerprint density at radius 2 is 1.94 bits per heavy atom. The summed E-state index contributed by atoms with van der Waals surface area (Å²) in [7, 11) is 3.93. The molecule has 0 spiro atoms. The smallest absolute Gasteiger partial charge is 0.323 e. The monoisotopic (exact) mass is 429 g/mol. The summed E-state index contributed by atoms with van der Waals surface area (Å²) >= 11 is 0. The van der Waals surface area contributed by atoms with Crippen LogP contribution < -0.4 is 15.4 Å². The number of rotatable bonds is 8. The third kappa shape index (κ3) is 5.79. The van der Waals surface area contributed by atoms with Gasteiger partial charge in [0, 0.05) is 36.6 Å². The first-order chi connectivity index (χ1) is 14.9. The number of amides is 2. The summed E-state index contributed by atoms with van der Waals surface area (Å²) in [5.41, 5.74) is 1.98. The summed E-state index contributed by atoms with van der Waals surface area (Å²) in [4.78, 5) is 14.4. The summed E-state index contributed by atoms with van der Waals surface area (Å²) in [6, 6.07) is 9.40. The quantitative estimate of drug-likeness (QED) is 0.556. The Labute approximate surface area is 179 Å². The highest BCUT2D eigenvalue weighted by Gasteiger charge is 2.14. The van der Waals surface area contributed by atoms with Gasteiger partial charge in [-0.05, 0) is 57.4 Å². The van der Waals surface area contributed by atoms with E-state index >= 15 is 0 Å². The summed E-state index contributed by atoms with van der Waals surface area (Å²) in [6.45, 7) is 3.90. The first kappa shape index (κ1) is 22.2. The van der Waals surface area contributed by atoms with Crippen molar-refractivity contribution >= 4 is 17.4 Å². The summed E-state index contributed by atoms with van der Waals surface area (Å²) in [6.07, 6.45) is 1.70. The van der Waals surface area contributed by atoms with Crippen LogP contribution in [0, 0.1) is 11.6 Å². The molecule has 1 aromatic heterocycles. The lowest BCUT2D eigenvalue weighted by molar-refractivity contribution is 0.261. The number of carbonyl (C=O) groups excluding carboxylic acids is 1. The van der Waals surface area contributed by atoms with Crippen LogP contribution >= 0.6 is 0 Å². The fourth-order valence-corrected chi connectivity index (χ4v) is 2.96. The molecule has 0 aliphatic carbocycles. The van der Waals surface area contributed by atoms with Gasteiger partial charge in [-0.2, -0.15) is 5.10 Å². The molecule has 1 heterocycles. The number of nitrogens with zero attached hydrogens (tertiary/aromatic N) is 3. The average molecular weight is 429 g/mol. The number of benzene rings is 2. The second kappa shape index (κ2) is 10.0. The first-order valence-corrected chi connectivity index (χ1v) is 9.84. The van der Waals surface area contributed by atoms with Crippen molar-refractivity contribution in [3.05, 3.63) is 60.3 Å². The van der Waals surface area contributed by atoms with Gasteiger partial charge in [-0.15, -0.1) is 0 Å². The summed E-state index contributed by atoms with van der Waals surface area (Å²) < 4.78 is 34.6. The van der Waals surface area contributed by atoms with E-state index in [-0.39, 0.29) is 5.69 Å². The van der Waals surface area contributed by atoms with Crippen LogP contribution in [0.3, 0.4) is 0 Å². The molecule has 2 aromatic carbocycles. The standard InChI is InChI=1S/C22H25F2N5O2/c1-4-29-20(9-10-25-29)17-14-16(6-8-21(17)31-12-11-28(2)3)26-22(30)27-19-7-5-15(23)13-18(19)24/h5-10,13-14H,4,11-12H2,1-3H3,(H2,26,27,30). The Morgan fingerprint density at radius 3 is 2.65 bits per heavy atom. The Morgan fingerprint density at radius 1 is 1.13 bits per heavy atom. The lowest BCUT2D eigenvalue weighted by Crippen LogP contribution is -2.21. The van der Waals surface area contributed by atoms with Crippen LogP contribution in [-0.2, 0) is 6.54 Å². The molecule has 0 fully saturated rings. The zero-order valence-corrected chi connectivity index (χ0v) is 17.7. The van der Waals surface area contributed by atoms with E-state index in [1.807, 2.05) is 36.7 Å². The van der Waals surface area contributed by atoms with E-state index in [1.54, 1.807) is 24.4 Å². The summed E-state index contributed by atoms with van der Waals surface area (Å²) in [5.74, 6) is -0.912. The van der Waals surface area contributed by atoms with Gasteiger partial charge >= 0.3 is 6.03 Å². The van der Waals surface area contributed by atoms with Crippen LogP contribution in [0.4, 0.5) is 25.0 Å². The van der Waals surface area contributed by atoms with Crippen LogP contribution in [0.2, 0.25) is 0 Å². The zero-order chi connectivity index (χ0) is 22.4. The van der Waals surface area contributed by atoms with Gasteiger partial charge in [0.25, 0.3) is 0 Å².